The molecular formula is C15H20F2N2O2. The number of aromatic carboxylic acids is 1. The van der Waals surface area contributed by atoms with Gasteiger partial charge in [0.1, 0.15) is 17.3 Å². The van der Waals surface area contributed by atoms with Crippen LogP contribution in [-0.2, 0) is 0 Å². The summed E-state index contributed by atoms with van der Waals surface area (Å²) >= 11 is 0. The Morgan fingerprint density at radius 2 is 1.86 bits per heavy atom. The Labute approximate surface area is 123 Å². The van der Waals surface area contributed by atoms with Crippen molar-refractivity contribution in [2.24, 2.45) is 0 Å². The molecule has 0 aromatic heterocycles. The van der Waals surface area contributed by atoms with Gasteiger partial charge in [0.05, 0.1) is 5.56 Å². The molecule has 1 aromatic carbocycles. The first-order valence-electron chi connectivity index (χ1n) is 7.11. The lowest BCUT2D eigenvalue weighted by atomic mass is 10.0. The molecule has 0 saturated carbocycles. The van der Waals surface area contributed by atoms with Crippen LogP contribution in [-0.4, -0.2) is 48.7 Å². The maximum Gasteiger partial charge on any atom is 0.335 e. The number of halogens is 2. The molecule has 4 nitrogen and oxygen atoms in total. The Kier molecular flexibility index (Phi) is 4.77. The number of hydrogen-bond acceptors (Lipinski definition) is 3. The van der Waals surface area contributed by atoms with Gasteiger partial charge in [0.2, 0.25) is 0 Å². The molecule has 1 aliphatic rings. The van der Waals surface area contributed by atoms with E-state index in [0.717, 1.165) is 44.6 Å². The largest absolute Gasteiger partial charge is 0.478 e. The predicted molar refractivity (Wildman–Crippen MR) is 76.9 cm³/mol. The summed E-state index contributed by atoms with van der Waals surface area (Å²) in [7, 11) is 1.66. The number of carbonyl (C=O) groups is 1. The third-order valence-electron chi connectivity index (χ3n) is 4.17. The van der Waals surface area contributed by atoms with E-state index in [4.69, 9.17) is 5.11 Å². The molecule has 1 fully saturated rings. The molecule has 0 unspecified atom stereocenters. The Balaban J connectivity index is 2.20. The van der Waals surface area contributed by atoms with Gasteiger partial charge in [-0.25, -0.2) is 13.6 Å². The monoisotopic (exact) mass is 298 g/mol. The van der Waals surface area contributed by atoms with E-state index in [1.807, 2.05) is 0 Å². The SMILES string of the molecule is CCN1CCC(N(C)c2c(F)cc(C(=O)O)cc2F)CC1. The van der Waals surface area contributed by atoms with Gasteiger partial charge < -0.3 is 14.9 Å². The smallest absolute Gasteiger partial charge is 0.335 e. The number of anilines is 1. The zero-order valence-electron chi connectivity index (χ0n) is 12.3. The summed E-state index contributed by atoms with van der Waals surface area (Å²) in [5, 5.41) is 8.82. The number of hydrogen-bond donors (Lipinski definition) is 1. The third kappa shape index (κ3) is 3.32. The molecule has 0 amide bonds. The van der Waals surface area contributed by atoms with E-state index in [1.54, 1.807) is 11.9 Å². The van der Waals surface area contributed by atoms with E-state index in [-0.39, 0.29) is 17.3 Å². The molecule has 116 valence electrons. The molecule has 0 radical (unpaired) electrons. The van der Waals surface area contributed by atoms with Crippen molar-refractivity contribution in [2.45, 2.75) is 25.8 Å². The van der Waals surface area contributed by atoms with Gasteiger partial charge in [-0.05, 0) is 31.5 Å². The minimum Gasteiger partial charge on any atom is -0.478 e. The molecule has 2 rings (SSSR count). The van der Waals surface area contributed by atoms with Crippen molar-refractivity contribution >= 4 is 11.7 Å². The summed E-state index contributed by atoms with van der Waals surface area (Å²) in [4.78, 5) is 14.7. The van der Waals surface area contributed by atoms with Crippen LogP contribution in [0, 0.1) is 11.6 Å². The van der Waals surface area contributed by atoms with Crippen LogP contribution in [0.15, 0.2) is 12.1 Å². The lowest BCUT2D eigenvalue weighted by Crippen LogP contribution is -2.43. The third-order valence-corrected chi connectivity index (χ3v) is 4.17. The van der Waals surface area contributed by atoms with Gasteiger partial charge in [0.25, 0.3) is 0 Å². The van der Waals surface area contributed by atoms with Crippen LogP contribution in [0.2, 0.25) is 0 Å². The Hall–Kier alpha value is -1.69. The highest BCUT2D eigenvalue weighted by atomic mass is 19.1. The first kappa shape index (κ1) is 15.7. The molecule has 1 saturated heterocycles. The van der Waals surface area contributed by atoms with E-state index >= 15 is 0 Å². The number of benzene rings is 1. The number of carboxylic acids is 1. The zero-order valence-corrected chi connectivity index (χ0v) is 12.3. The molecule has 1 heterocycles. The zero-order chi connectivity index (χ0) is 15.6. The highest BCUT2D eigenvalue weighted by molar-refractivity contribution is 5.88. The number of likely N-dealkylation sites (tertiary alicyclic amines) is 1. The van der Waals surface area contributed by atoms with Crippen molar-refractivity contribution in [2.75, 3.05) is 31.6 Å². The number of rotatable bonds is 4. The molecule has 0 spiro atoms. The second-order valence-corrected chi connectivity index (χ2v) is 5.37. The van der Waals surface area contributed by atoms with Crippen molar-refractivity contribution in [3.05, 3.63) is 29.3 Å². The van der Waals surface area contributed by atoms with Gasteiger partial charge >= 0.3 is 5.97 Å². The molecule has 0 aliphatic carbocycles. The lowest BCUT2D eigenvalue weighted by Gasteiger charge is -2.37. The van der Waals surface area contributed by atoms with Crippen LogP contribution in [0.1, 0.15) is 30.1 Å². The second kappa shape index (κ2) is 6.39. The Morgan fingerprint density at radius 3 is 2.29 bits per heavy atom. The summed E-state index contributed by atoms with van der Waals surface area (Å²) in [6, 6.07) is 1.81. The molecule has 0 atom stereocenters. The van der Waals surface area contributed by atoms with Crippen molar-refractivity contribution in [1.29, 1.82) is 0 Å². The normalized spacial score (nSPS) is 17.0. The van der Waals surface area contributed by atoms with Crippen LogP contribution < -0.4 is 4.90 Å². The standard InChI is InChI=1S/C15H20F2N2O2/c1-3-19-6-4-11(5-7-19)18(2)14-12(16)8-10(15(20)21)9-13(14)17/h8-9,11H,3-7H2,1-2H3,(H,20,21). The number of carboxylic acid groups (broad SMARTS) is 1. The Morgan fingerprint density at radius 1 is 1.33 bits per heavy atom. The van der Waals surface area contributed by atoms with Gasteiger partial charge in [-0.15, -0.1) is 0 Å². The van der Waals surface area contributed by atoms with Crippen molar-refractivity contribution in [3.8, 4) is 0 Å². The van der Waals surface area contributed by atoms with E-state index < -0.39 is 17.6 Å². The van der Waals surface area contributed by atoms with Crippen LogP contribution in [0.5, 0.6) is 0 Å². The fraction of sp³-hybridized carbons (Fsp3) is 0.533. The minimum absolute atomic E-state index is 0.0625. The highest BCUT2D eigenvalue weighted by Gasteiger charge is 2.26. The summed E-state index contributed by atoms with van der Waals surface area (Å²) in [5.74, 6) is -2.99. The lowest BCUT2D eigenvalue weighted by molar-refractivity contribution is 0.0695. The molecule has 1 N–H and O–H groups in total. The number of piperidine rings is 1. The van der Waals surface area contributed by atoms with Gasteiger partial charge in [-0.2, -0.15) is 0 Å². The van der Waals surface area contributed by atoms with Crippen molar-refractivity contribution in [3.63, 3.8) is 0 Å². The van der Waals surface area contributed by atoms with Gasteiger partial charge in [-0.1, -0.05) is 6.92 Å². The van der Waals surface area contributed by atoms with E-state index in [9.17, 15) is 13.6 Å². The maximum atomic E-state index is 14.1. The Bertz CT molecular complexity index is 505. The van der Waals surface area contributed by atoms with E-state index in [2.05, 4.69) is 11.8 Å². The van der Waals surface area contributed by atoms with Crippen LogP contribution >= 0.6 is 0 Å². The van der Waals surface area contributed by atoms with Gasteiger partial charge in [0.15, 0.2) is 0 Å². The maximum absolute atomic E-state index is 14.1. The molecule has 1 aromatic rings. The highest BCUT2D eigenvalue weighted by Crippen LogP contribution is 2.28. The molecule has 0 bridgehead atoms. The molecule has 1 aliphatic heterocycles. The average molecular weight is 298 g/mol. The van der Waals surface area contributed by atoms with Gasteiger partial charge in [-0.3, -0.25) is 0 Å². The predicted octanol–water partition coefficient (Wildman–Crippen LogP) is 2.58. The van der Waals surface area contributed by atoms with E-state index in [0.29, 0.717) is 0 Å². The van der Waals surface area contributed by atoms with Crippen LogP contribution in [0.3, 0.4) is 0 Å². The molecule has 21 heavy (non-hydrogen) atoms. The fourth-order valence-electron chi connectivity index (χ4n) is 2.83. The minimum atomic E-state index is -1.33. The molecular weight excluding hydrogens is 278 g/mol. The topological polar surface area (TPSA) is 43.8 Å². The number of nitrogens with zero attached hydrogens (tertiary/aromatic N) is 2. The van der Waals surface area contributed by atoms with Crippen LogP contribution in [0.25, 0.3) is 0 Å². The quantitative estimate of drug-likeness (QED) is 0.928. The first-order valence-corrected chi connectivity index (χ1v) is 7.11. The van der Waals surface area contributed by atoms with Crippen molar-refractivity contribution in [1.82, 2.24) is 4.90 Å². The average Bonchev–Trinajstić information content (AvgIpc) is 2.46. The molecule has 6 heteroatoms. The van der Waals surface area contributed by atoms with Crippen molar-refractivity contribution < 1.29 is 18.7 Å². The van der Waals surface area contributed by atoms with E-state index in [1.165, 1.54) is 0 Å². The van der Waals surface area contributed by atoms with Gasteiger partial charge in [0, 0.05) is 26.2 Å². The summed E-state index contributed by atoms with van der Waals surface area (Å²) < 4.78 is 28.1. The second-order valence-electron chi connectivity index (χ2n) is 5.37. The van der Waals surface area contributed by atoms with Crippen LogP contribution in [0.4, 0.5) is 14.5 Å². The fourth-order valence-corrected chi connectivity index (χ4v) is 2.83. The first-order chi connectivity index (χ1) is 9.93. The summed E-state index contributed by atoms with van der Waals surface area (Å²) in [6.45, 7) is 4.88. The summed E-state index contributed by atoms with van der Waals surface area (Å²) in [5.41, 5.74) is -0.516. The summed E-state index contributed by atoms with van der Waals surface area (Å²) in [6.07, 6.45) is 1.67.